The molecular formula is C19H18F7NO4. The largest absolute Gasteiger partial charge is 0.460 e. The topological polar surface area (TPSA) is 55.8 Å². The van der Waals surface area contributed by atoms with Crippen molar-refractivity contribution in [2.75, 3.05) is 7.05 Å². The third-order valence-corrected chi connectivity index (χ3v) is 5.71. The molecule has 3 rings (SSSR count). The minimum atomic E-state index is -6.66. The Bertz CT molecular complexity index is 845. The number of rotatable bonds is 5. The van der Waals surface area contributed by atoms with E-state index in [0.717, 1.165) is 0 Å². The number of benzene rings is 1. The molecular weight excluding hydrogens is 439 g/mol. The van der Waals surface area contributed by atoms with E-state index in [0.29, 0.717) is 0 Å². The predicted molar refractivity (Wildman–Crippen MR) is 90.4 cm³/mol. The van der Waals surface area contributed by atoms with Crippen molar-refractivity contribution in [1.82, 2.24) is 4.90 Å². The number of halogens is 7. The molecule has 0 spiro atoms. The number of esters is 2. The van der Waals surface area contributed by atoms with Crippen LogP contribution in [-0.4, -0.2) is 59.8 Å². The summed E-state index contributed by atoms with van der Waals surface area (Å²) in [7, 11) is 1.38. The van der Waals surface area contributed by atoms with Gasteiger partial charge in [0.05, 0.1) is 5.56 Å². The molecule has 0 N–H and O–H groups in total. The second kappa shape index (κ2) is 7.64. The number of nitrogens with zero attached hydrogens (tertiary/aromatic N) is 1. The van der Waals surface area contributed by atoms with Gasteiger partial charge in [-0.15, -0.1) is 0 Å². The smallest absolute Gasteiger partial charge is 0.459 e. The molecule has 0 radical (unpaired) electrons. The molecule has 3 atom stereocenters. The average Bonchev–Trinajstić information content (AvgIpc) is 2.86. The standard InChI is InChI=1S/C19H18F7NO4/c1-27-12-7-8-16(27,31-15(29)17(20,21)18(22,23)19(24,25)26)10-13(9-12)30-14(28)11-5-3-2-4-6-11/h2-6,12-13H,7-10H2,1H3/t12-,13-,16-/m0/s1. The van der Waals surface area contributed by atoms with Crippen molar-refractivity contribution in [3.05, 3.63) is 35.9 Å². The molecule has 2 saturated heterocycles. The highest BCUT2D eigenvalue weighted by Gasteiger charge is 2.78. The molecule has 2 heterocycles. The summed E-state index contributed by atoms with van der Waals surface area (Å²) in [5.74, 6) is -16.5. The normalized spacial score (nSPS) is 27.1. The lowest BCUT2D eigenvalue weighted by Gasteiger charge is -2.44. The molecule has 0 amide bonds. The molecule has 1 aromatic rings. The molecule has 0 unspecified atom stereocenters. The second-order valence-corrected chi connectivity index (χ2v) is 7.62. The van der Waals surface area contributed by atoms with Crippen molar-refractivity contribution >= 4 is 11.9 Å². The van der Waals surface area contributed by atoms with Crippen LogP contribution in [-0.2, 0) is 14.3 Å². The van der Waals surface area contributed by atoms with Crippen molar-refractivity contribution < 1.29 is 49.8 Å². The molecule has 2 aliphatic rings. The molecule has 2 bridgehead atoms. The van der Waals surface area contributed by atoms with Gasteiger partial charge in [0, 0.05) is 25.3 Å². The van der Waals surface area contributed by atoms with Gasteiger partial charge >= 0.3 is 30.0 Å². The molecule has 5 nitrogen and oxygen atoms in total. The monoisotopic (exact) mass is 457 g/mol. The maximum Gasteiger partial charge on any atom is 0.460 e. The van der Waals surface area contributed by atoms with Crippen molar-refractivity contribution in [2.24, 2.45) is 0 Å². The summed E-state index contributed by atoms with van der Waals surface area (Å²) in [5.41, 5.74) is -1.69. The van der Waals surface area contributed by atoms with Crippen molar-refractivity contribution in [1.29, 1.82) is 0 Å². The first-order valence-corrected chi connectivity index (χ1v) is 9.26. The Labute approximate surface area is 172 Å². The van der Waals surface area contributed by atoms with Crippen LogP contribution in [0.5, 0.6) is 0 Å². The van der Waals surface area contributed by atoms with Gasteiger partial charge in [-0.3, -0.25) is 4.90 Å². The maximum atomic E-state index is 13.8. The molecule has 2 fully saturated rings. The molecule has 12 heteroatoms. The van der Waals surface area contributed by atoms with E-state index in [2.05, 4.69) is 4.74 Å². The third-order valence-electron chi connectivity index (χ3n) is 5.71. The number of alkyl halides is 7. The highest BCUT2D eigenvalue weighted by molar-refractivity contribution is 5.89. The number of ether oxygens (including phenoxy) is 2. The highest BCUT2D eigenvalue weighted by atomic mass is 19.4. The molecule has 0 aliphatic carbocycles. The van der Waals surface area contributed by atoms with Gasteiger partial charge in [-0.25, -0.2) is 9.59 Å². The molecule has 1 aromatic carbocycles. The van der Waals surface area contributed by atoms with E-state index in [4.69, 9.17) is 4.74 Å². The van der Waals surface area contributed by atoms with Gasteiger partial charge in [0.2, 0.25) is 0 Å². The van der Waals surface area contributed by atoms with Crippen molar-refractivity contribution in [2.45, 2.75) is 61.6 Å². The number of piperidine rings is 1. The number of hydrogen-bond donors (Lipinski definition) is 0. The molecule has 2 aliphatic heterocycles. The van der Waals surface area contributed by atoms with Gasteiger partial charge in [0.1, 0.15) is 6.10 Å². The Morgan fingerprint density at radius 1 is 1.06 bits per heavy atom. The molecule has 0 saturated carbocycles. The Balaban J connectivity index is 1.78. The Morgan fingerprint density at radius 2 is 1.68 bits per heavy atom. The lowest BCUT2D eigenvalue weighted by atomic mass is 9.97. The first-order chi connectivity index (χ1) is 14.2. The summed E-state index contributed by atoms with van der Waals surface area (Å²) in [4.78, 5) is 25.4. The molecule has 172 valence electrons. The van der Waals surface area contributed by atoms with Crippen LogP contribution in [0.3, 0.4) is 0 Å². The van der Waals surface area contributed by atoms with E-state index in [-0.39, 0.29) is 31.2 Å². The zero-order valence-corrected chi connectivity index (χ0v) is 16.1. The second-order valence-electron chi connectivity index (χ2n) is 7.62. The summed E-state index contributed by atoms with van der Waals surface area (Å²) in [6, 6.07) is 7.37. The first-order valence-electron chi connectivity index (χ1n) is 9.26. The number of carbonyl (C=O) groups is 2. The number of fused-ring (bicyclic) bond motifs is 2. The van der Waals surface area contributed by atoms with Crippen LogP contribution < -0.4 is 0 Å². The van der Waals surface area contributed by atoms with Crippen LogP contribution in [0.25, 0.3) is 0 Å². The number of hydrogen-bond acceptors (Lipinski definition) is 5. The van der Waals surface area contributed by atoms with Crippen LogP contribution in [0.2, 0.25) is 0 Å². The maximum absolute atomic E-state index is 13.8. The zero-order chi connectivity index (χ0) is 23.2. The van der Waals surface area contributed by atoms with Crippen molar-refractivity contribution in [3.8, 4) is 0 Å². The minimum Gasteiger partial charge on any atom is -0.459 e. The van der Waals surface area contributed by atoms with E-state index in [1.807, 2.05) is 0 Å². The predicted octanol–water partition coefficient (Wildman–Crippen LogP) is 4.17. The van der Waals surface area contributed by atoms with E-state index in [1.165, 1.54) is 24.1 Å². The summed E-state index contributed by atoms with van der Waals surface area (Å²) >= 11 is 0. The van der Waals surface area contributed by atoms with E-state index in [9.17, 15) is 40.3 Å². The van der Waals surface area contributed by atoms with Crippen LogP contribution >= 0.6 is 0 Å². The van der Waals surface area contributed by atoms with Crippen LogP contribution in [0.15, 0.2) is 30.3 Å². The summed E-state index contributed by atoms with van der Waals surface area (Å²) < 4.78 is 101. The Kier molecular flexibility index (Phi) is 5.74. The lowest BCUT2D eigenvalue weighted by Crippen LogP contribution is -2.61. The average molecular weight is 457 g/mol. The fraction of sp³-hybridized carbons (Fsp3) is 0.579. The minimum absolute atomic E-state index is 0.0903. The summed E-state index contributed by atoms with van der Waals surface area (Å²) in [6.45, 7) is 0. The SMILES string of the molecule is CN1[C@H]2CC[C@]1(OC(=O)C(F)(F)C(F)(F)C(F)(F)F)C[C@@H](OC(=O)c1ccccc1)C2. The third kappa shape index (κ3) is 3.97. The van der Waals surface area contributed by atoms with E-state index < -0.39 is 47.8 Å². The fourth-order valence-electron chi connectivity index (χ4n) is 3.95. The van der Waals surface area contributed by atoms with Gasteiger partial charge < -0.3 is 9.47 Å². The lowest BCUT2D eigenvalue weighted by molar-refractivity contribution is -0.352. The van der Waals surface area contributed by atoms with Crippen LogP contribution in [0.4, 0.5) is 30.7 Å². The van der Waals surface area contributed by atoms with E-state index >= 15 is 0 Å². The molecule has 31 heavy (non-hydrogen) atoms. The number of carbonyl (C=O) groups excluding carboxylic acids is 2. The highest BCUT2D eigenvalue weighted by Crippen LogP contribution is 2.50. The summed E-state index contributed by atoms with van der Waals surface area (Å²) in [5, 5.41) is 0. The quantitative estimate of drug-likeness (QED) is 0.491. The van der Waals surface area contributed by atoms with Gasteiger partial charge in [0.15, 0.2) is 5.72 Å². The van der Waals surface area contributed by atoms with Gasteiger partial charge in [0.25, 0.3) is 0 Å². The first kappa shape index (κ1) is 23.3. The Hall–Kier alpha value is -2.37. The molecule has 0 aromatic heterocycles. The van der Waals surface area contributed by atoms with Gasteiger partial charge in [-0.05, 0) is 25.6 Å². The van der Waals surface area contributed by atoms with Gasteiger partial charge in [-0.1, -0.05) is 18.2 Å². The van der Waals surface area contributed by atoms with Gasteiger partial charge in [-0.2, -0.15) is 30.7 Å². The zero-order valence-electron chi connectivity index (χ0n) is 16.1. The van der Waals surface area contributed by atoms with Crippen LogP contribution in [0.1, 0.15) is 36.0 Å². The van der Waals surface area contributed by atoms with Crippen molar-refractivity contribution in [3.63, 3.8) is 0 Å². The fourth-order valence-corrected chi connectivity index (χ4v) is 3.95. The van der Waals surface area contributed by atoms with E-state index in [1.54, 1.807) is 18.2 Å². The van der Waals surface area contributed by atoms with Crippen LogP contribution in [0, 0.1) is 0 Å². The summed E-state index contributed by atoms with van der Waals surface area (Å²) in [6.07, 6.45) is -7.47. The Morgan fingerprint density at radius 3 is 2.26 bits per heavy atom.